The number of ether oxygens (including phenoxy) is 1. The Hall–Kier alpha value is -0.850. The number of terminal acetylenes is 1. The smallest absolute Gasteiger partial charge is 0.176 e. The fourth-order valence-electron chi connectivity index (χ4n) is 1.25. The minimum Gasteiger partial charge on any atom is -0.473 e. The summed E-state index contributed by atoms with van der Waals surface area (Å²) in [5, 5.41) is 3.21. The van der Waals surface area contributed by atoms with Gasteiger partial charge in [-0.05, 0) is 28.1 Å². The molecule has 14 heavy (non-hydrogen) atoms. The third-order valence-corrected chi connectivity index (χ3v) is 2.52. The minimum atomic E-state index is -0.175. The summed E-state index contributed by atoms with van der Waals surface area (Å²) in [6.07, 6.45) is 5.11. The Morgan fingerprint density at radius 3 is 3.07 bits per heavy atom. The summed E-state index contributed by atoms with van der Waals surface area (Å²) in [4.78, 5) is 0. The highest BCUT2D eigenvalue weighted by atomic mass is 79.9. The van der Waals surface area contributed by atoms with Crippen molar-refractivity contribution in [3.8, 4) is 18.1 Å². The molecule has 0 saturated carbocycles. The maximum atomic E-state index is 5.57. The summed E-state index contributed by atoms with van der Waals surface area (Å²) < 4.78 is 6.49. The highest BCUT2D eigenvalue weighted by molar-refractivity contribution is 9.10. The average molecular weight is 275 g/mol. The van der Waals surface area contributed by atoms with Gasteiger partial charge in [-0.15, -0.1) is 18.8 Å². The van der Waals surface area contributed by atoms with Gasteiger partial charge in [0.2, 0.25) is 0 Å². The van der Waals surface area contributed by atoms with Gasteiger partial charge in [-0.25, -0.2) is 0 Å². The lowest BCUT2D eigenvalue weighted by Crippen LogP contribution is -2.29. The molecule has 1 aromatic rings. The lowest BCUT2D eigenvalue weighted by molar-refractivity contribution is 0.260. The Labute approximate surface area is 97.6 Å². The largest absolute Gasteiger partial charge is 0.473 e. The van der Waals surface area contributed by atoms with Crippen LogP contribution >= 0.6 is 28.3 Å². The molecule has 2 nitrogen and oxygen atoms in total. The molecule has 2 rings (SSSR count). The molecule has 0 radical (unpaired) electrons. The number of hydrogen-bond donors (Lipinski definition) is 1. The summed E-state index contributed by atoms with van der Waals surface area (Å²) in [5.41, 5.74) is 0.987. The number of benzene rings is 1. The van der Waals surface area contributed by atoms with E-state index in [1.54, 1.807) is 0 Å². The van der Waals surface area contributed by atoms with Crippen molar-refractivity contribution >= 4 is 34.0 Å². The van der Waals surface area contributed by atoms with Crippen molar-refractivity contribution in [3.63, 3.8) is 0 Å². The second-order valence-electron chi connectivity index (χ2n) is 2.77. The molecule has 1 atom stereocenters. The highest BCUT2D eigenvalue weighted by Crippen LogP contribution is 2.35. The number of anilines is 1. The molecule has 1 heterocycles. The van der Waals surface area contributed by atoms with Gasteiger partial charge in [0.15, 0.2) is 11.9 Å². The second kappa shape index (κ2) is 4.59. The van der Waals surface area contributed by atoms with Crippen molar-refractivity contribution in [2.75, 3.05) is 11.9 Å². The van der Waals surface area contributed by atoms with E-state index in [4.69, 9.17) is 11.2 Å². The van der Waals surface area contributed by atoms with Crippen LogP contribution in [0.25, 0.3) is 0 Å². The fourth-order valence-corrected chi connectivity index (χ4v) is 1.71. The molecule has 1 aliphatic heterocycles. The number of hydrogen-bond acceptors (Lipinski definition) is 2. The van der Waals surface area contributed by atoms with Crippen LogP contribution in [-0.2, 0) is 0 Å². The summed E-state index contributed by atoms with van der Waals surface area (Å²) in [6, 6.07) is 5.85. The molecule has 1 unspecified atom stereocenters. The fraction of sp³-hybridized carbons (Fsp3) is 0.200. The zero-order chi connectivity index (χ0) is 9.26. The van der Waals surface area contributed by atoms with Crippen LogP contribution in [0.1, 0.15) is 0 Å². The maximum Gasteiger partial charge on any atom is 0.176 e. The summed E-state index contributed by atoms with van der Waals surface area (Å²) in [6.45, 7) is 0.667. The molecule has 0 saturated heterocycles. The first-order valence-corrected chi connectivity index (χ1v) is 4.75. The van der Waals surface area contributed by atoms with Gasteiger partial charge < -0.3 is 10.1 Å². The van der Waals surface area contributed by atoms with E-state index in [9.17, 15) is 0 Å². The van der Waals surface area contributed by atoms with Gasteiger partial charge in [0, 0.05) is 0 Å². The Morgan fingerprint density at radius 1 is 1.57 bits per heavy atom. The van der Waals surface area contributed by atoms with Crippen molar-refractivity contribution in [2.24, 2.45) is 0 Å². The first-order valence-electron chi connectivity index (χ1n) is 3.96. The molecule has 1 aliphatic rings. The Morgan fingerprint density at radius 2 is 2.36 bits per heavy atom. The highest BCUT2D eigenvalue weighted by Gasteiger charge is 2.18. The lowest BCUT2D eigenvalue weighted by Gasteiger charge is -2.24. The molecule has 0 aliphatic carbocycles. The topological polar surface area (TPSA) is 21.3 Å². The van der Waals surface area contributed by atoms with Gasteiger partial charge in [0.05, 0.1) is 16.7 Å². The second-order valence-corrected chi connectivity index (χ2v) is 3.62. The van der Waals surface area contributed by atoms with E-state index in [2.05, 4.69) is 27.2 Å². The van der Waals surface area contributed by atoms with Gasteiger partial charge >= 0.3 is 0 Å². The standard InChI is InChI=1S/C10H8BrNO.ClH/c1-2-7-6-12-9-5-3-4-8(11)10(9)13-7;/h1,3-5,7,12H,6H2;1H. The summed E-state index contributed by atoms with van der Waals surface area (Å²) in [5.74, 6) is 3.37. The zero-order valence-electron chi connectivity index (χ0n) is 7.29. The van der Waals surface area contributed by atoms with Gasteiger partial charge in [0.1, 0.15) is 0 Å². The molecule has 0 fully saturated rings. The zero-order valence-corrected chi connectivity index (χ0v) is 9.69. The third-order valence-electron chi connectivity index (χ3n) is 1.89. The molecular weight excluding hydrogens is 265 g/mol. The molecule has 1 N–H and O–H groups in total. The Bertz CT molecular complexity index is 375. The van der Waals surface area contributed by atoms with E-state index in [0.29, 0.717) is 6.54 Å². The average Bonchev–Trinajstić information content (AvgIpc) is 2.18. The molecule has 74 valence electrons. The van der Waals surface area contributed by atoms with Crippen LogP contribution in [-0.4, -0.2) is 12.6 Å². The lowest BCUT2D eigenvalue weighted by atomic mass is 10.2. The van der Waals surface area contributed by atoms with E-state index in [1.807, 2.05) is 18.2 Å². The molecule has 0 spiro atoms. The van der Waals surface area contributed by atoms with Crippen LogP contribution in [0.4, 0.5) is 5.69 Å². The van der Waals surface area contributed by atoms with Crippen LogP contribution in [0.15, 0.2) is 22.7 Å². The maximum absolute atomic E-state index is 5.57. The van der Waals surface area contributed by atoms with Crippen molar-refractivity contribution in [2.45, 2.75) is 6.10 Å². The number of nitrogens with one attached hydrogen (secondary N) is 1. The van der Waals surface area contributed by atoms with Gasteiger partial charge in [-0.3, -0.25) is 0 Å². The molecule has 0 aromatic heterocycles. The van der Waals surface area contributed by atoms with Crippen LogP contribution in [0.3, 0.4) is 0 Å². The number of halogens is 2. The summed E-state index contributed by atoms with van der Waals surface area (Å²) >= 11 is 3.41. The predicted octanol–water partition coefficient (Wildman–Crippen LogP) is 2.68. The third kappa shape index (κ3) is 1.97. The normalized spacial score (nSPS) is 17.9. The molecule has 0 bridgehead atoms. The Balaban J connectivity index is 0.000000980. The van der Waals surface area contributed by atoms with Gasteiger partial charge in [-0.2, -0.15) is 0 Å². The number of para-hydroxylation sites is 1. The van der Waals surface area contributed by atoms with Crippen LogP contribution < -0.4 is 10.1 Å². The van der Waals surface area contributed by atoms with E-state index in [0.717, 1.165) is 15.9 Å². The van der Waals surface area contributed by atoms with E-state index in [-0.39, 0.29) is 18.5 Å². The van der Waals surface area contributed by atoms with Crippen molar-refractivity contribution in [3.05, 3.63) is 22.7 Å². The van der Waals surface area contributed by atoms with Crippen LogP contribution in [0.5, 0.6) is 5.75 Å². The van der Waals surface area contributed by atoms with Gasteiger partial charge in [0.25, 0.3) is 0 Å². The first kappa shape index (κ1) is 11.2. The van der Waals surface area contributed by atoms with Gasteiger partial charge in [-0.1, -0.05) is 12.0 Å². The molecule has 4 heteroatoms. The first-order chi connectivity index (χ1) is 6.31. The quantitative estimate of drug-likeness (QED) is 0.735. The van der Waals surface area contributed by atoms with Crippen molar-refractivity contribution < 1.29 is 4.74 Å². The molecule has 0 amide bonds. The van der Waals surface area contributed by atoms with E-state index >= 15 is 0 Å². The van der Waals surface area contributed by atoms with E-state index in [1.165, 1.54) is 0 Å². The monoisotopic (exact) mass is 273 g/mol. The number of fused-ring (bicyclic) bond motifs is 1. The minimum absolute atomic E-state index is 0. The van der Waals surface area contributed by atoms with Crippen LogP contribution in [0, 0.1) is 12.3 Å². The Kier molecular flexibility index (Phi) is 3.68. The van der Waals surface area contributed by atoms with Crippen LogP contribution in [0.2, 0.25) is 0 Å². The summed E-state index contributed by atoms with van der Waals surface area (Å²) in [7, 11) is 0. The molecular formula is C10H9BrClNO. The van der Waals surface area contributed by atoms with Crippen molar-refractivity contribution in [1.82, 2.24) is 0 Å². The van der Waals surface area contributed by atoms with E-state index < -0.39 is 0 Å². The molecule has 1 aromatic carbocycles. The van der Waals surface area contributed by atoms with Crippen molar-refractivity contribution in [1.29, 1.82) is 0 Å². The SMILES string of the molecule is C#CC1CNc2cccc(Br)c2O1.Cl. The predicted molar refractivity (Wildman–Crippen MR) is 63.1 cm³/mol. The number of rotatable bonds is 0.